The highest BCUT2D eigenvalue weighted by molar-refractivity contribution is 5.91. The second-order valence-corrected chi connectivity index (χ2v) is 3.41. The number of aldehydes is 1. The maximum atomic E-state index is 11.3. The third kappa shape index (κ3) is 1.96. The van der Waals surface area contributed by atoms with Gasteiger partial charge in [-0.15, -0.1) is 0 Å². The highest BCUT2D eigenvalue weighted by Gasteiger charge is 2.04. The van der Waals surface area contributed by atoms with Gasteiger partial charge in [-0.25, -0.2) is 0 Å². The quantitative estimate of drug-likeness (QED) is 0.559. The Morgan fingerprint density at radius 1 is 1.27 bits per heavy atom. The van der Waals surface area contributed by atoms with E-state index in [0.717, 1.165) is 10.9 Å². The number of fused-ring (bicyclic) bond motifs is 1. The minimum Gasteiger partial charge on any atom is -0.340 e. The molecule has 3 nitrogen and oxygen atoms in total. The molecule has 76 valence electrons. The van der Waals surface area contributed by atoms with E-state index in [2.05, 4.69) is 0 Å². The monoisotopic (exact) mass is 201 g/mol. The molecule has 0 amide bonds. The minimum absolute atomic E-state index is 0.00743. The van der Waals surface area contributed by atoms with E-state index in [9.17, 15) is 9.59 Å². The molecule has 15 heavy (non-hydrogen) atoms. The first-order valence-corrected chi connectivity index (χ1v) is 4.80. The topological polar surface area (TPSA) is 39.1 Å². The van der Waals surface area contributed by atoms with Crippen molar-refractivity contribution in [3.63, 3.8) is 0 Å². The molecule has 2 rings (SSSR count). The van der Waals surface area contributed by atoms with Crippen molar-refractivity contribution in [2.75, 3.05) is 0 Å². The van der Waals surface area contributed by atoms with Crippen LogP contribution in [-0.2, 0) is 16.1 Å². The van der Waals surface area contributed by atoms with Crippen molar-refractivity contribution in [3.05, 3.63) is 36.5 Å². The summed E-state index contributed by atoms with van der Waals surface area (Å²) >= 11 is 0. The third-order valence-electron chi connectivity index (χ3n) is 2.34. The van der Waals surface area contributed by atoms with Crippen LogP contribution >= 0.6 is 0 Å². The predicted molar refractivity (Wildman–Crippen MR) is 57.6 cm³/mol. The Morgan fingerprint density at radius 2 is 2.07 bits per heavy atom. The van der Waals surface area contributed by atoms with Crippen LogP contribution in [-0.4, -0.2) is 16.6 Å². The maximum absolute atomic E-state index is 11.3. The van der Waals surface area contributed by atoms with Crippen LogP contribution < -0.4 is 0 Å². The second-order valence-electron chi connectivity index (χ2n) is 3.41. The zero-order chi connectivity index (χ0) is 10.7. The van der Waals surface area contributed by atoms with Gasteiger partial charge in [-0.3, -0.25) is 4.79 Å². The predicted octanol–water partition coefficient (Wildman–Crippen LogP) is 1.80. The molecule has 1 aromatic heterocycles. The zero-order valence-corrected chi connectivity index (χ0v) is 8.22. The Bertz CT molecular complexity index is 499. The van der Waals surface area contributed by atoms with E-state index in [0.29, 0.717) is 6.29 Å². The number of aromatic nitrogens is 1. The van der Waals surface area contributed by atoms with Crippen molar-refractivity contribution in [1.82, 2.24) is 4.57 Å². The van der Waals surface area contributed by atoms with E-state index in [1.165, 1.54) is 0 Å². The molecule has 0 saturated carbocycles. The molecule has 0 aliphatic heterocycles. The van der Waals surface area contributed by atoms with Crippen molar-refractivity contribution >= 4 is 23.0 Å². The fraction of sp³-hybridized carbons (Fsp3) is 0.167. The third-order valence-corrected chi connectivity index (χ3v) is 2.34. The number of rotatable bonds is 4. The molecule has 0 unspecified atom stereocenters. The molecule has 0 fully saturated rings. The van der Waals surface area contributed by atoms with E-state index in [1.54, 1.807) is 0 Å². The van der Waals surface area contributed by atoms with Crippen molar-refractivity contribution in [2.24, 2.45) is 0 Å². The number of carbonyl (C=O) groups is 2. The summed E-state index contributed by atoms with van der Waals surface area (Å²) in [5.74, 6) is -0.0636. The molecule has 0 aliphatic carbocycles. The Kier molecular flexibility index (Phi) is 2.63. The molecular formula is C12H11NO2. The van der Waals surface area contributed by atoms with E-state index < -0.39 is 0 Å². The molecular weight excluding hydrogens is 190 g/mol. The number of carbonyl (C=O) groups excluding carboxylic acids is 2. The fourth-order valence-electron chi connectivity index (χ4n) is 1.63. The van der Waals surface area contributed by atoms with Gasteiger partial charge in [-0.05, 0) is 17.5 Å². The highest BCUT2D eigenvalue weighted by atomic mass is 16.1. The average Bonchev–Trinajstić information content (AvgIpc) is 2.62. The van der Waals surface area contributed by atoms with E-state index in [4.69, 9.17) is 0 Å². The Balaban J connectivity index is 2.28. The van der Waals surface area contributed by atoms with Crippen LogP contribution in [0.4, 0.5) is 0 Å². The lowest BCUT2D eigenvalue weighted by molar-refractivity contribution is -0.122. The summed E-state index contributed by atoms with van der Waals surface area (Å²) in [7, 11) is 0. The van der Waals surface area contributed by atoms with Gasteiger partial charge in [0.1, 0.15) is 6.29 Å². The summed E-state index contributed by atoms with van der Waals surface area (Å²) in [5.41, 5.74) is 1.02. The van der Waals surface area contributed by atoms with E-state index in [1.807, 2.05) is 41.1 Å². The molecule has 0 N–H and O–H groups in total. The van der Waals surface area contributed by atoms with Crippen LogP contribution in [0.3, 0.4) is 0 Å². The number of hydrogen-bond donors (Lipinski definition) is 0. The van der Waals surface area contributed by atoms with Gasteiger partial charge in [0.05, 0.1) is 13.0 Å². The molecule has 0 saturated heterocycles. The van der Waals surface area contributed by atoms with Gasteiger partial charge in [-0.2, -0.15) is 0 Å². The van der Waals surface area contributed by atoms with E-state index in [-0.39, 0.29) is 18.7 Å². The molecule has 0 radical (unpaired) electrons. The normalized spacial score (nSPS) is 10.4. The smallest absolute Gasteiger partial charge is 0.159 e. The number of ketones is 1. The molecule has 2 aromatic rings. The number of hydrogen-bond acceptors (Lipinski definition) is 2. The van der Waals surface area contributed by atoms with Crippen LogP contribution in [0, 0.1) is 0 Å². The largest absolute Gasteiger partial charge is 0.340 e. The van der Waals surface area contributed by atoms with Crippen LogP contribution in [0.2, 0.25) is 0 Å². The Labute approximate surface area is 87.3 Å². The fourth-order valence-corrected chi connectivity index (χ4v) is 1.63. The van der Waals surface area contributed by atoms with Gasteiger partial charge < -0.3 is 9.36 Å². The van der Waals surface area contributed by atoms with Crippen LogP contribution in [0.5, 0.6) is 0 Å². The number of para-hydroxylation sites is 1. The molecule has 3 heteroatoms. The Morgan fingerprint density at radius 3 is 2.87 bits per heavy atom. The first kappa shape index (κ1) is 9.65. The summed E-state index contributed by atoms with van der Waals surface area (Å²) < 4.78 is 1.86. The maximum Gasteiger partial charge on any atom is 0.159 e. The molecule has 0 atom stereocenters. The molecule has 0 bridgehead atoms. The lowest BCUT2D eigenvalue weighted by Gasteiger charge is -2.02. The first-order valence-electron chi connectivity index (χ1n) is 4.80. The lowest BCUT2D eigenvalue weighted by atomic mass is 10.2. The van der Waals surface area contributed by atoms with Gasteiger partial charge in [0.25, 0.3) is 0 Å². The summed E-state index contributed by atoms with van der Waals surface area (Å²) in [6.45, 7) is 0.270. The van der Waals surface area contributed by atoms with Gasteiger partial charge in [0.15, 0.2) is 5.78 Å². The SMILES string of the molecule is O=CCC(=O)Cn1ccc2ccccc21. The molecule has 1 aromatic carbocycles. The zero-order valence-electron chi connectivity index (χ0n) is 8.22. The van der Waals surface area contributed by atoms with Crippen LogP contribution in [0.1, 0.15) is 6.42 Å². The van der Waals surface area contributed by atoms with Gasteiger partial charge in [0.2, 0.25) is 0 Å². The summed E-state index contributed by atoms with van der Waals surface area (Å²) in [4.78, 5) is 21.5. The minimum atomic E-state index is -0.0636. The second kappa shape index (κ2) is 4.09. The number of nitrogens with zero attached hydrogens (tertiary/aromatic N) is 1. The standard InChI is InChI=1S/C12H11NO2/c14-8-6-11(15)9-13-7-5-10-3-1-2-4-12(10)13/h1-5,7-8H,6,9H2. The lowest BCUT2D eigenvalue weighted by Crippen LogP contribution is -2.09. The molecule has 0 spiro atoms. The number of Topliss-reactive ketones (excluding diaryl/α,β-unsaturated/α-hetero) is 1. The summed E-state index contributed by atoms with van der Waals surface area (Å²) in [6, 6.07) is 9.81. The van der Waals surface area contributed by atoms with Crippen molar-refractivity contribution in [2.45, 2.75) is 13.0 Å². The van der Waals surface area contributed by atoms with Crippen LogP contribution in [0.25, 0.3) is 10.9 Å². The summed E-state index contributed by atoms with van der Waals surface area (Å²) in [5, 5.41) is 1.11. The van der Waals surface area contributed by atoms with E-state index >= 15 is 0 Å². The van der Waals surface area contributed by atoms with Crippen molar-refractivity contribution in [3.8, 4) is 0 Å². The van der Waals surface area contributed by atoms with Gasteiger partial charge in [0, 0.05) is 11.7 Å². The van der Waals surface area contributed by atoms with Gasteiger partial charge >= 0.3 is 0 Å². The Hall–Kier alpha value is -1.90. The van der Waals surface area contributed by atoms with Gasteiger partial charge in [-0.1, -0.05) is 18.2 Å². The molecule has 0 aliphatic rings. The first-order chi connectivity index (χ1) is 7.31. The van der Waals surface area contributed by atoms with Crippen LogP contribution in [0.15, 0.2) is 36.5 Å². The summed E-state index contributed by atoms with van der Waals surface area (Å²) in [6.07, 6.45) is 2.51. The van der Waals surface area contributed by atoms with Crippen molar-refractivity contribution in [1.29, 1.82) is 0 Å². The highest BCUT2D eigenvalue weighted by Crippen LogP contribution is 2.14. The molecule has 1 heterocycles. The number of benzene rings is 1. The average molecular weight is 201 g/mol. The van der Waals surface area contributed by atoms with Crippen molar-refractivity contribution < 1.29 is 9.59 Å².